The largest absolute Gasteiger partial charge is 0.377 e. The fraction of sp³-hybridized carbons (Fsp3) is 0.667. The Kier molecular flexibility index (Phi) is 5.03. The minimum Gasteiger partial charge on any atom is -0.377 e. The van der Waals surface area contributed by atoms with Gasteiger partial charge in [-0.25, -0.2) is 0 Å². The second-order valence-electron chi connectivity index (χ2n) is 3.42. The second kappa shape index (κ2) is 6.08. The molecule has 1 rings (SSSR count). The summed E-state index contributed by atoms with van der Waals surface area (Å²) in [5.41, 5.74) is 4.58. The maximum atomic E-state index is 5.49. The smallest absolute Gasteiger partial charge is 0.0794 e. The number of nitrogens with one attached hydrogen (secondary N) is 1. The molecule has 0 spiro atoms. The minimum absolute atomic E-state index is 0.165. The van der Waals surface area contributed by atoms with Gasteiger partial charge in [-0.05, 0) is 13.8 Å². The zero-order chi connectivity index (χ0) is 10.4. The lowest BCUT2D eigenvalue weighted by atomic mass is 10.2. The zero-order valence-electron chi connectivity index (χ0n) is 8.56. The Hall–Kier alpha value is -0.490. The van der Waals surface area contributed by atoms with Crippen molar-refractivity contribution in [3.05, 3.63) is 16.6 Å². The van der Waals surface area contributed by atoms with Gasteiger partial charge in [0, 0.05) is 23.5 Å². The molecule has 1 aromatic rings. The SMILES string of the molecule is CC(C)OCC(Cc1cncs1)NN. The van der Waals surface area contributed by atoms with Crippen molar-refractivity contribution in [3.63, 3.8) is 0 Å². The third-order valence-corrected chi connectivity index (χ3v) is 2.60. The van der Waals surface area contributed by atoms with Crippen molar-refractivity contribution in [2.24, 2.45) is 5.84 Å². The first-order valence-electron chi connectivity index (χ1n) is 4.67. The van der Waals surface area contributed by atoms with Crippen LogP contribution >= 0.6 is 11.3 Å². The molecule has 0 aromatic carbocycles. The van der Waals surface area contributed by atoms with E-state index in [1.807, 2.05) is 25.6 Å². The molecule has 0 aliphatic heterocycles. The number of ether oxygens (including phenoxy) is 1. The standard InChI is InChI=1S/C9H17N3OS/c1-7(2)13-5-8(12-10)3-9-4-11-6-14-9/h4,6-8,12H,3,5,10H2,1-2H3. The molecule has 0 aliphatic carbocycles. The van der Waals surface area contributed by atoms with Crippen LogP contribution in [-0.4, -0.2) is 23.7 Å². The molecule has 0 amide bonds. The molecule has 80 valence electrons. The van der Waals surface area contributed by atoms with Crippen molar-refractivity contribution < 1.29 is 4.74 Å². The number of nitrogens with zero attached hydrogens (tertiary/aromatic N) is 1. The highest BCUT2D eigenvalue weighted by Crippen LogP contribution is 2.08. The predicted molar refractivity (Wildman–Crippen MR) is 58.0 cm³/mol. The Bertz CT molecular complexity index is 238. The van der Waals surface area contributed by atoms with Crippen LogP contribution in [0.25, 0.3) is 0 Å². The fourth-order valence-corrected chi connectivity index (χ4v) is 1.74. The number of aromatic nitrogens is 1. The average molecular weight is 215 g/mol. The highest BCUT2D eigenvalue weighted by molar-refractivity contribution is 7.09. The molecule has 1 unspecified atom stereocenters. The number of nitrogens with two attached hydrogens (primary N) is 1. The quantitative estimate of drug-likeness (QED) is 0.548. The molecule has 4 nitrogen and oxygen atoms in total. The van der Waals surface area contributed by atoms with E-state index in [-0.39, 0.29) is 12.1 Å². The lowest BCUT2D eigenvalue weighted by Crippen LogP contribution is -2.40. The highest BCUT2D eigenvalue weighted by Gasteiger charge is 2.09. The molecule has 0 radical (unpaired) electrons. The van der Waals surface area contributed by atoms with Gasteiger partial charge in [0.1, 0.15) is 0 Å². The summed E-state index contributed by atoms with van der Waals surface area (Å²) in [4.78, 5) is 5.24. The van der Waals surface area contributed by atoms with E-state index in [9.17, 15) is 0 Å². The van der Waals surface area contributed by atoms with Gasteiger partial charge in [-0.1, -0.05) is 0 Å². The molecular weight excluding hydrogens is 198 g/mol. The number of hydrogen-bond donors (Lipinski definition) is 2. The third kappa shape index (κ3) is 4.15. The maximum Gasteiger partial charge on any atom is 0.0794 e. The predicted octanol–water partition coefficient (Wildman–Crippen LogP) is 0.942. The van der Waals surface area contributed by atoms with Gasteiger partial charge in [0.25, 0.3) is 0 Å². The van der Waals surface area contributed by atoms with Crippen molar-refractivity contribution in [2.45, 2.75) is 32.4 Å². The van der Waals surface area contributed by atoms with Crippen LogP contribution in [0.3, 0.4) is 0 Å². The summed E-state index contributed by atoms with van der Waals surface area (Å²) < 4.78 is 5.49. The van der Waals surface area contributed by atoms with E-state index in [1.54, 1.807) is 11.3 Å². The van der Waals surface area contributed by atoms with Gasteiger partial charge in [0.15, 0.2) is 0 Å². The Labute approximate surface area is 88.5 Å². The molecule has 5 heteroatoms. The van der Waals surface area contributed by atoms with Crippen LogP contribution in [0.4, 0.5) is 0 Å². The van der Waals surface area contributed by atoms with Crippen molar-refractivity contribution >= 4 is 11.3 Å². The molecule has 0 bridgehead atoms. The Morgan fingerprint density at radius 1 is 1.64 bits per heavy atom. The van der Waals surface area contributed by atoms with Crippen LogP contribution < -0.4 is 11.3 Å². The van der Waals surface area contributed by atoms with E-state index >= 15 is 0 Å². The van der Waals surface area contributed by atoms with Crippen molar-refractivity contribution in [2.75, 3.05) is 6.61 Å². The fourth-order valence-electron chi connectivity index (χ4n) is 1.06. The summed E-state index contributed by atoms with van der Waals surface area (Å²) in [6.45, 7) is 4.66. The summed E-state index contributed by atoms with van der Waals surface area (Å²) >= 11 is 1.64. The van der Waals surface area contributed by atoms with Crippen molar-refractivity contribution in [3.8, 4) is 0 Å². The van der Waals surface area contributed by atoms with Gasteiger partial charge >= 0.3 is 0 Å². The normalized spacial score (nSPS) is 13.4. The molecule has 0 fully saturated rings. The Morgan fingerprint density at radius 2 is 2.43 bits per heavy atom. The average Bonchev–Trinajstić information content (AvgIpc) is 2.64. The maximum absolute atomic E-state index is 5.49. The summed E-state index contributed by atoms with van der Waals surface area (Å²) in [6.07, 6.45) is 2.98. The van der Waals surface area contributed by atoms with Crippen LogP contribution in [-0.2, 0) is 11.2 Å². The molecule has 1 heterocycles. The molecule has 1 atom stereocenters. The number of thiazole rings is 1. The summed E-state index contributed by atoms with van der Waals surface area (Å²) in [5.74, 6) is 5.43. The second-order valence-corrected chi connectivity index (χ2v) is 4.39. The summed E-state index contributed by atoms with van der Waals surface area (Å²) in [5, 5.41) is 0. The van der Waals surface area contributed by atoms with Gasteiger partial charge < -0.3 is 4.74 Å². The molecule has 14 heavy (non-hydrogen) atoms. The minimum atomic E-state index is 0.165. The van der Waals surface area contributed by atoms with E-state index in [0.29, 0.717) is 6.61 Å². The lowest BCUT2D eigenvalue weighted by molar-refractivity contribution is 0.0614. The third-order valence-electron chi connectivity index (χ3n) is 1.80. The lowest BCUT2D eigenvalue weighted by Gasteiger charge is -2.16. The van der Waals surface area contributed by atoms with E-state index in [1.165, 1.54) is 4.88 Å². The summed E-state index contributed by atoms with van der Waals surface area (Å²) in [7, 11) is 0. The first-order chi connectivity index (χ1) is 6.72. The monoisotopic (exact) mass is 215 g/mol. The van der Waals surface area contributed by atoms with E-state index in [4.69, 9.17) is 10.6 Å². The number of hydrogen-bond acceptors (Lipinski definition) is 5. The number of rotatable bonds is 6. The van der Waals surface area contributed by atoms with Gasteiger partial charge in [-0.2, -0.15) is 0 Å². The summed E-state index contributed by atoms with van der Waals surface area (Å²) in [6, 6.07) is 0.165. The van der Waals surface area contributed by atoms with Crippen LogP contribution in [0.1, 0.15) is 18.7 Å². The van der Waals surface area contributed by atoms with Gasteiger partial charge in [-0.3, -0.25) is 16.3 Å². The Morgan fingerprint density at radius 3 is 2.93 bits per heavy atom. The van der Waals surface area contributed by atoms with Crippen molar-refractivity contribution in [1.29, 1.82) is 0 Å². The van der Waals surface area contributed by atoms with Crippen LogP contribution in [0.5, 0.6) is 0 Å². The van der Waals surface area contributed by atoms with Crippen LogP contribution in [0.15, 0.2) is 11.7 Å². The molecule has 0 saturated carbocycles. The van der Waals surface area contributed by atoms with Gasteiger partial charge in [-0.15, -0.1) is 11.3 Å². The molecule has 1 aromatic heterocycles. The van der Waals surface area contributed by atoms with Gasteiger partial charge in [0.05, 0.1) is 18.2 Å². The number of hydrazine groups is 1. The first-order valence-corrected chi connectivity index (χ1v) is 5.55. The van der Waals surface area contributed by atoms with Crippen LogP contribution in [0.2, 0.25) is 0 Å². The molecular formula is C9H17N3OS. The molecule has 0 saturated heterocycles. The highest BCUT2D eigenvalue weighted by atomic mass is 32.1. The van der Waals surface area contributed by atoms with Gasteiger partial charge in [0.2, 0.25) is 0 Å². The van der Waals surface area contributed by atoms with E-state index < -0.39 is 0 Å². The van der Waals surface area contributed by atoms with Crippen molar-refractivity contribution in [1.82, 2.24) is 10.4 Å². The van der Waals surface area contributed by atoms with E-state index in [0.717, 1.165) is 6.42 Å². The topological polar surface area (TPSA) is 60.2 Å². The van der Waals surface area contributed by atoms with Crippen LogP contribution in [0, 0.1) is 0 Å². The molecule has 3 N–H and O–H groups in total. The Balaban J connectivity index is 2.32. The molecule has 0 aliphatic rings. The van der Waals surface area contributed by atoms with E-state index in [2.05, 4.69) is 10.4 Å². The zero-order valence-corrected chi connectivity index (χ0v) is 9.38. The first kappa shape index (κ1) is 11.6.